The van der Waals surface area contributed by atoms with Gasteiger partial charge in [0.2, 0.25) is 0 Å². The Labute approximate surface area is 105 Å². The van der Waals surface area contributed by atoms with E-state index in [1.165, 1.54) is 22.3 Å². The van der Waals surface area contributed by atoms with Crippen LogP contribution in [0.1, 0.15) is 11.6 Å². The molecule has 18 heavy (non-hydrogen) atoms. The van der Waals surface area contributed by atoms with Gasteiger partial charge in [-0.05, 0) is 11.4 Å². The van der Waals surface area contributed by atoms with Crippen LogP contribution in [-0.4, -0.2) is 24.9 Å². The van der Waals surface area contributed by atoms with Crippen molar-refractivity contribution < 1.29 is 4.52 Å². The normalized spacial score (nSPS) is 10.4. The minimum Gasteiger partial charge on any atom is -0.333 e. The van der Waals surface area contributed by atoms with Crippen LogP contribution in [0.5, 0.6) is 0 Å². The number of hydrogen-bond acceptors (Lipinski definition) is 7. The van der Waals surface area contributed by atoms with Crippen molar-refractivity contribution >= 4 is 11.3 Å². The number of nitrogens with zero attached hydrogens (tertiary/aromatic N) is 6. The molecule has 0 spiro atoms. The first-order chi connectivity index (χ1) is 8.85. The average Bonchev–Trinajstić information content (AvgIpc) is 3.10. The summed E-state index contributed by atoms with van der Waals surface area (Å²) >= 11 is 1.53. The summed E-state index contributed by atoms with van der Waals surface area (Å²) in [5, 5.41) is 18.3. The van der Waals surface area contributed by atoms with Crippen LogP contribution in [0.3, 0.4) is 0 Å². The predicted octanol–water partition coefficient (Wildman–Crippen LogP) is 1.31. The van der Waals surface area contributed by atoms with Crippen molar-refractivity contribution in [2.75, 3.05) is 0 Å². The molecule has 0 unspecified atom stereocenters. The number of nitriles is 1. The third-order valence-corrected chi connectivity index (χ3v) is 3.00. The van der Waals surface area contributed by atoms with Gasteiger partial charge in [0, 0.05) is 0 Å². The molecule has 0 atom stereocenters. The fraction of sp³-hybridized carbons (Fsp3) is 0.100. The van der Waals surface area contributed by atoms with E-state index >= 15 is 0 Å². The summed E-state index contributed by atoms with van der Waals surface area (Å²) in [7, 11) is 0. The predicted molar refractivity (Wildman–Crippen MR) is 61.5 cm³/mol. The zero-order chi connectivity index (χ0) is 12.4. The van der Waals surface area contributed by atoms with Crippen molar-refractivity contribution in [1.82, 2.24) is 24.9 Å². The van der Waals surface area contributed by atoms with Crippen molar-refractivity contribution in [3.05, 3.63) is 35.5 Å². The molecule has 0 amide bonds. The first kappa shape index (κ1) is 10.6. The Morgan fingerprint density at radius 3 is 3.17 bits per heavy atom. The molecule has 0 fully saturated rings. The highest BCUT2D eigenvalue weighted by Crippen LogP contribution is 2.22. The zero-order valence-electron chi connectivity index (χ0n) is 9.02. The average molecular weight is 258 g/mol. The lowest BCUT2D eigenvalue weighted by Gasteiger charge is -1.91. The minimum absolute atomic E-state index is 0.122. The quantitative estimate of drug-likeness (QED) is 0.703. The largest absolute Gasteiger partial charge is 0.333 e. The minimum atomic E-state index is 0.122. The van der Waals surface area contributed by atoms with Gasteiger partial charge in [0.1, 0.15) is 18.9 Å². The van der Waals surface area contributed by atoms with E-state index in [0.717, 1.165) is 4.88 Å². The van der Waals surface area contributed by atoms with E-state index in [0.29, 0.717) is 18.3 Å². The van der Waals surface area contributed by atoms with E-state index in [2.05, 4.69) is 20.2 Å². The SMILES string of the molecule is N#Cc1ncn(Cc2noc(-c3cccs3)n2)n1. The van der Waals surface area contributed by atoms with E-state index in [-0.39, 0.29) is 5.82 Å². The van der Waals surface area contributed by atoms with Gasteiger partial charge in [0.25, 0.3) is 11.7 Å². The molecule has 0 aromatic carbocycles. The Morgan fingerprint density at radius 1 is 1.50 bits per heavy atom. The van der Waals surface area contributed by atoms with Crippen LogP contribution >= 0.6 is 11.3 Å². The van der Waals surface area contributed by atoms with Crippen LogP contribution in [0.25, 0.3) is 10.8 Å². The Morgan fingerprint density at radius 2 is 2.44 bits per heavy atom. The molecule has 0 aliphatic rings. The molecule has 7 nitrogen and oxygen atoms in total. The summed E-state index contributed by atoms with van der Waals surface area (Å²) in [6, 6.07) is 5.68. The highest BCUT2D eigenvalue weighted by Gasteiger charge is 2.10. The highest BCUT2D eigenvalue weighted by molar-refractivity contribution is 7.13. The highest BCUT2D eigenvalue weighted by atomic mass is 32.1. The van der Waals surface area contributed by atoms with E-state index in [4.69, 9.17) is 9.78 Å². The van der Waals surface area contributed by atoms with E-state index in [1.807, 2.05) is 23.6 Å². The van der Waals surface area contributed by atoms with Crippen LogP contribution in [0, 0.1) is 11.3 Å². The molecule has 3 heterocycles. The fourth-order valence-corrected chi connectivity index (χ4v) is 2.03. The van der Waals surface area contributed by atoms with Gasteiger partial charge < -0.3 is 4.52 Å². The summed E-state index contributed by atoms with van der Waals surface area (Å²) < 4.78 is 6.62. The lowest BCUT2D eigenvalue weighted by molar-refractivity contribution is 0.419. The standard InChI is InChI=1S/C10H6N6OS/c11-4-8-12-6-16(14-8)5-9-13-10(17-15-9)7-2-1-3-18-7/h1-3,6H,5H2. The van der Waals surface area contributed by atoms with Gasteiger partial charge in [0.15, 0.2) is 5.82 Å². The molecule has 0 saturated carbocycles. The van der Waals surface area contributed by atoms with Crippen LogP contribution < -0.4 is 0 Å². The summed E-state index contributed by atoms with van der Waals surface area (Å²) in [5.74, 6) is 1.10. The topological polar surface area (TPSA) is 93.4 Å². The maximum atomic E-state index is 8.61. The van der Waals surface area contributed by atoms with E-state index in [9.17, 15) is 0 Å². The van der Waals surface area contributed by atoms with Crippen molar-refractivity contribution in [3.8, 4) is 16.8 Å². The third-order valence-electron chi connectivity index (χ3n) is 2.14. The van der Waals surface area contributed by atoms with Crippen molar-refractivity contribution in [3.63, 3.8) is 0 Å². The number of hydrogen-bond donors (Lipinski definition) is 0. The third kappa shape index (κ3) is 1.99. The monoisotopic (exact) mass is 258 g/mol. The summed E-state index contributed by atoms with van der Waals surface area (Å²) in [4.78, 5) is 8.96. The Hall–Kier alpha value is -2.53. The maximum Gasteiger partial charge on any atom is 0.268 e. The molecule has 3 aromatic rings. The van der Waals surface area contributed by atoms with Crippen LogP contribution in [0.4, 0.5) is 0 Å². The zero-order valence-corrected chi connectivity index (χ0v) is 9.83. The second kappa shape index (κ2) is 4.38. The van der Waals surface area contributed by atoms with Gasteiger partial charge in [-0.15, -0.1) is 16.4 Å². The Kier molecular flexibility index (Phi) is 2.59. The molecular formula is C10H6N6OS. The summed E-state index contributed by atoms with van der Waals surface area (Å²) in [6.45, 7) is 0.323. The van der Waals surface area contributed by atoms with Gasteiger partial charge in [-0.2, -0.15) is 10.2 Å². The van der Waals surface area contributed by atoms with Gasteiger partial charge >= 0.3 is 0 Å². The molecular weight excluding hydrogens is 252 g/mol. The van der Waals surface area contributed by atoms with Crippen LogP contribution in [0.2, 0.25) is 0 Å². The fourth-order valence-electron chi connectivity index (χ4n) is 1.39. The molecule has 0 bridgehead atoms. The lowest BCUT2D eigenvalue weighted by Crippen LogP contribution is -2.02. The maximum absolute atomic E-state index is 8.61. The number of rotatable bonds is 3. The number of aromatic nitrogens is 5. The van der Waals surface area contributed by atoms with Crippen molar-refractivity contribution in [2.24, 2.45) is 0 Å². The molecule has 0 aliphatic heterocycles. The van der Waals surface area contributed by atoms with Crippen LogP contribution in [-0.2, 0) is 6.54 Å². The second-order valence-electron chi connectivity index (χ2n) is 3.37. The molecule has 8 heteroatoms. The van der Waals surface area contributed by atoms with E-state index < -0.39 is 0 Å². The lowest BCUT2D eigenvalue weighted by atomic mass is 10.5. The molecule has 88 valence electrons. The first-order valence-corrected chi connectivity index (χ1v) is 5.89. The molecule has 0 saturated heterocycles. The van der Waals surface area contributed by atoms with Gasteiger partial charge in [-0.1, -0.05) is 11.2 Å². The van der Waals surface area contributed by atoms with Gasteiger partial charge in [-0.25, -0.2) is 9.67 Å². The Bertz CT molecular complexity index is 692. The van der Waals surface area contributed by atoms with Gasteiger partial charge in [0.05, 0.1) is 4.88 Å². The van der Waals surface area contributed by atoms with E-state index in [1.54, 1.807) is 0 Å². The molecule has 0 N–H and O–H groups in total. The molecule has 0 aliphatic carbocycles. The molecule has 0 radical (unpaired) electrons. The summed E-state index contributed by atoms with van der Waals surface area (Å²) in [6.07, 6.45) is 1.46. The van der Waals surface area contributed by atoms with Gasteiger partial charge in [-0.3, -0.25) is 0 Å². The summed E-state index contributed by atoms with van der Waals surface area (Å²) in [5.41, 5.74) is 0. The smallest absolute Gasteiger partial charge is 0.268 e. The molecule has 3 rings (SSSR count). The Balaban J connectivity index is 1.80. The van der Waals surface area contributed by atoms with Crippen LogP contribution in [0.15, 0.2) is 28.4 Å². The second-order valence-corrected chi connectivity index (χ2v) is 4.32. The van der Waals surface area contributed by atoms with Crippen molar-refractivity contribution in [1.29, 1.82) is 5.26 Å². The molecule has 3 aromatic heterocycles. The van der Waals surface area contributed by atoms with Crippen molar-refractivity contribution in [2.45, 2.75) is 6.54 Å². The first-order valence-electron chi connectivity index (χ1n) is 5.01. The number of thiophene rings is 1.